The van der Waals surface area contributed by atoms with Crippen LogP contribution in [0.25, 0.3) is 0 Å². The summed E-state index contributed by atoms with van der Waals surface area (Å²) in [6.45, 7) is 18.5. The third kappa shape index (κ3) is 21.6. The standard InChI is InChI=1S/C30H63N/c1-7-10-13-16-19-22-28(4)25-31(26-29(5)23-20-17-14-11-8-2)27-30(6)24-21-18-15-12-9-3/h28-30H,7-27H2,1-6H3. The second-order valence-electron chi connectivity index (χ2n) is 11.1. The monoisotopic (exact) mass is 437 g/mol. The average Bonchev–Trinajstić information content (AvgIpc) is 2.73. The van der Waals surface area contributed by atoms with Gasteiger partial charge in [0.2, 0.25) is 0 Å². The van der Waals surface area contributed by atoms with Crippen molar-refractivity contribution in [3.05, 3.63) is 0 Å². The van der Waals surface area contributed by atoms with E-state index in [1.807, 2.05) is 0 Å². The fourth-order valence-corrected chi connectivity index (χ4v) is 5.11. The molecule has 0 aliphatic heterocycles. The van der Waals surface area contributed by atoms with Gasteiger partial charge in [0.1, 0.15) is 0 Å². The van der Waals surface area contributed by atoms with Gasteiger partial charge in [-0.2, -0.15) is 0 Å². The molecule has 3 unspecified atom stereocenters. The third-order valence-corrected chi connectivity index (χ3v) is 7.11. The summed E-state index contributed by atoms with van der Waals surface area (Å²) in [5, 5.41) is 0. The Kier molecular flexibility index (Phi) is 23.1. The molecule has 0 bridgehead atoms. The minimum Gasteiger partial charge on any atom is -0.303 e. The molecule has 1 nitrogen and oxygen atoms in total. The lowest BCUT2D eigenvalue weighted by molar-refractivity contribution is 0.170. The maximum absolute atomic E-state index is 2.87. The molecule has 0 spiro atoms. The number of hydrogen-bond donors (Lipinski definition) is 0. The molecule has 0 amide bonds. The predicted octanol–water partition coefficient (Wildman–Crippen LogP) is 10.3. The Morgan fingerprint density at radius 1 is 0.387 bits per heavy atom. The molecule has 0 aromatic carbocycles. The third-order valence-electron chi connectivity index (χ3n) is 7.11. The lowest BCUT2D eigenvalue weighted by Gasteiger charge is -2.31. The zero-order valence-corrected chi connectivity index (χ0v) is 23.0. The molecule has 31 heavy (non-hydrogen) atoms. The molecule has 0 aliphatic rings. The van der Waals surface area contributed by atoms with Crippen molar-refractivity contribution in [2.45, 2.75) is 157 Å². The van der Waals surface area contributed by atoms with Gasteiger partial charge in [-0.1, -0.05) is 138 Å². The van der Waals surface area contributed by atoms with Crippen LogP contribution in [-0.2, 0) is 0 Å². The van der Waals surface area contributed by atoms with Gasteiger partial charge in [0, 0.05) is 19.6 Å². The van der Waals surface area contributed by atoms with E-state index in [1.54, 1.807) is 0 Å². The molecule has 0 aromatic rings. The van der Waals surface area contributed by atoms with Crippen LogP contribution in [0.3, 0.4) is 0 Å². The van der Waals surface area contributed by atoms with Gasteiger partial charge >= 0.3 is 0 Å². The van der Waals surface area contributed by atoms with E-state index in [9.17, 15) is 0 Å². The van der Waals surface area contributed by atoms with Crippen molar-refractivity contribution in [1.82, 2.24) is 4.90 Å². The Bertz CT molecular complexity index is 287. The van der Waals surface area contributed by atoms with Crippen LogP contribution in [0, 0.1) is 17.8 Å². The summed E-state index contributed by atoms with van der Waals surface area (Å²) in [7, 11) is 0. The van der Waals surface area contributed by atoms with Crippen molar-refractivity contribution < 1.29 is 0 Å². The first-order valence-corrected chi connectivity index (χ1v) is 14.8. The van der Waals surface area contributed by atoms with Crippen LogP contribution in [0.4, 0.5) is 0 Å². The topological polar surface area (TPSA) is 3.24 Å². The number of unbranched alkanes of at least 4 members (excludes halogenated alkanes) is 12. The van der Waals surface area contributed by atoms with Crippen LogP contribution in [0.5, 0.6) is 0 Å². The fourth-order valence-electron chi connectivity index (χ4n) is 5.11. The van der Waals surface area contributed by atoms with Crippen LogP contribution in [0.1, 0.15) is 157 Å². The van der Waals surface area contributed by atoms with Crippen molar-refractivity contribution in [3.63, 3.8) is 0 Å². The van der Waals surface area contributed by atoms with E-state index in [0.29, 0.717) is 0 Å². The highest BCUT2D eigenvalue weighted by molar-refractivity contribution is 4.70. The molecular formula is C30H63N. The quantitative estimate of drug-likeness (QED) is 0.136. The van der Waals surface area contributed by atoms with Crippen LogP contribution in [-0.4, -0.2) is 24.5 Å². The van der Waals surface area contributed by atoms with Gasteiger partial charge in [-0.3, -0.25) is 0 Å². The van der Waals surface area contributed by atoms with Crippen molar-refractivity contribution >= 4 is 0 Å². The zero-order chi connectivity index (χ0) is 23.2. The Morgan fingerprint density at radius 2 is 0.645 bits per heavy atom. The Morgan fingerprint density at radius 3 is 0.903 bits per heavy atom. The lowest BCUT2D eigenvalue weighted by Crippen LogP contribution is -2.36. The van der Waals surface area contributed by atoms with Gasteiger partial charge in [-0.25, -0.2) is 0 Å². The summed E-state index contributed by atoms with van der Waals surface area (Å²) in [5.41, 5.74) is 0. The van der Waals surface area contributed by atoms with Gasteiger partial charge in [-0.05, 0) is 37.0 Å². The molecule has 0 fully saturated rings. The predicted molar refractivity (Wildman–Crippen MR) is 144 cm³/mol. The SMILES string of the molecule is CCCCCCCC(C)CN(CC(C)CCCCCCC)CC(C)CCCCCCC. The fraction of sp³-hybridized carbons (Fsp3) is 1.00. The summed E-state index contributed by atoms with van der Waals surface area (Å²) >= 11 is 0. The average molecular weight is 438 g/mol. The van der Waals surface area contributed by atoms with Gasteiger partial charge in [0.25, 0.3) is 0 Å². The highest BCUT2D eigenvalue weighted by atomic mass is 15.1. The Labute approximate surface area is 199 Å². The van der Waals surface area contributed by atoms with Crippen LogP contribution in [0.2, 0.25) is 0 Å². The van der Waals surface area contributed by atoms with Crippen LogP contribution in [0.15, 0.2) is 0 Å². The molecule has 0 N–H and O–H groups in total. The maximum atomic E-state index is 2.87. The van der Waals surface area contributed by atoms with E-state index >= 15 is 0 Å². The molecule has 188 valence electrons. The van der Waals surface area contributed by atoms with E-state index in [0.717, 1.165) is 17.8 Å². The minimum absolute atomic E-state index is 0.857. The van der Waals surface area contributed by atoms with E-state index in [4.69, 9.17) is 0 Å². The summed E-state index contributed by atoms with van der Waals surface area (Å²) in [6, 6.07) is 0. The van der Waals surface area contributed by atoms with Crippen LogP contribution < -0.4 is 0 Å². The smallest absolute Gasteiger partial charge is 0.000725 e. The van der Waals surface area contributed by atoms with E-state index in [1.165, 1.54) is 135 Å². The van der Waals surface area contributed by atoms with Gasteiger partial charge in [0.15, 0.2) is 0 Å². The molecule has 1 heteroatoms. The van der Waals surface area contributed by atoms with Gasteiger partial charge < -0.3 is 4.90 Å². The first-order valence-electron chi connectivity index (χ1n) is 14.8. The number of hydrogen-bond acceptors (Lipinski definition) is 1. The number of nitrogens with zero attached hydrogens (tertiary/aromatic N) is 1. The largest absolute Gasteiger partial charge is 0.303 e. The molecule has 0 heterocycles. The molecule has 0 radical (unpaired) electrons. The molecule has 0 aliphatic carbocycles. The second-order valence-corrected chi connectivity index (χ2v) is 11.1. The summed E-state index contributed by atoms with van der Waals surface area (Å²) in [6.07, 6.45) is 25.6. The summed E-state index contributed by atoms with van der Waals surface area (Å²) in [5.74, 6) is 2.57. The van der Waals surface area contributed by atoms with Crippen molar-refractivity contribution in [1.29, 1.82) is 0 Å². The lowest BCUT2D eigenvalue weighted by atomic mass is 9.97. The number of rotatable bonds is 24. The van der Waals surface area contributed by atoms with E-state index < -0.39 is 0 Å². The maximum Gasteiger partial charge on any atom is 0.000725 e. The molecule has 0 aromatic heterocycles. The Balaban J connectivity index is 4.38. The molecular weight excluding hydrogens is 374 g/mol. The first kappa shape index (κ1) is 31.0. The van der Waals surface area contributed by atoms with E-state index in [-0.39, 0.29) is 0 Å². The van der Waals surface area contributed by atoms with Gasteiger partial charge in [-0.15, -0.1) is 0 Å². The molecule has 0 saturated heterocycles. The summed E-state index contributed by atoms with van der Waals surface area (Å²) < 4.78 is 0. The van der Waals surface area contributed by atoms with Gasteiger partial charge in [0.05, 0.1) is 0 Å². The van der Waals surface area contributed by atoms with Crippen molar-refractivity contribution in [2.24, 2.45) is 17.8 Å². The highest BCUT2D eigenvalue weighted by Crippen LogP contribution is 2.19. The second kappa shape index (κ2) is 23.1. The minimum atomic E-state index is 0.857. The van der Waals surface area contributed by atoms with Crippen molar-refractivity contribution in [3.8, 4) is 0 Å². The Hall–Kier alpha value is -0.0400. The molecule has 0 saturated carbocycles. The molecule has 3 atom stereocenters. The van der Waals surface area contributed by atoms with Crippen molar-refractivity contribution in [2.75, 3.05) is 19.6 Å². The highest BCUT2D eigenvalue weighted by Gasteiger charge is 2.16. The first-order chi connectivity index (χ1) is 15.0. The van der Waals surface area contributed by atoms with Crippen LogP contribution >= 0.6 is 0 Å². The zero-order valence-electron chi connectivity index (χ0n) is 23.0. The summed E-state index contributed by atoms with van der Waals surface area (Å²) in [4.78, 5) is 2.87. The molecule has 0 rings (SSSR count). The normalized spacial score (nSPS) is 14.8. The van der Waals surface area contributed by atoms with E-state index in [2.05, 4.69) is 46.4 Å².